The van der Waals surface area contributed by atoms with Crippen molar-refractivity contribution in [2.75, 3.05) is 4.90 Å². The third-order valence-corrected chi connectivity index (χ3v) is 5.37. The van der Waals surface area contributed by atoms with Gasteiger partial charge in [0, 0.05) is 17.5 Å². The van der Waals surface area contributed by atoms with Crippen molar-refractivity contribution >= 4 is 35.0 Å². The molecule has 2 aromatic heterocycles. The number of carbonyl (C=O) groups excluding carboxylic acids is 1. The molecule has 148 valence electrons. The van der Waals surface area contributed by atoms with Gasteiger partial charge in [0.15, 0.2) is 10.9 Å². The second-order valence-electron chi connectivity index (χ2n) is 7.38. The van der Waals surface area contributed by atoms with Gasteiger partial charge in [-0.25, -0.2) is 0 Å². The molecule has 1 amide bonds. The average molecular weight is 407 g/mol. The van der Waals surface area contributed by atoms with E-state index in [0.717, 1.165) is 45.3 Å². The van der Waals surface area contributed by atoms with Gasteiger partial charge in [-0.2, -0.15) is 0 Å². The number of benzene rings is 1. The minimum atomic E-state index is -0.163. The van der Waals surface area contributed by atoms with E-state index in [-0.39, 0.29) is 5.91 Å². The van der Waals surface area contributed by atoms with Gasteiger partial charge in [-0.3, -0.25) is 14.3 Å². The number of hydrogen-bond donors (Lipinski definition) is 1. The van der Waals surface area contributed by atoms with Crippen LogP contribution >= 0.6 is 12.2 Å². The molecule has 1 saturated heterocycles. The summed E-state index contributed by atoms with van der Waals surface area (Å²) in [6.07, 6.45) is 1.84. The largest absolute Gasteiger partial charge is 0.360 e. The summed E-state index contributed by atoms with van der Waals surface area (Å²) in [5.74, 6) is 1.30. The topological polar surface area (TPSA) is 63.3 Å². The quantitative estimate of drug-likeness (QED) is 0.520. The van der Waals surface area contributed by atoms with E-state index in [1.807, 2.05) is 75.6 Å². The highest BCUT2D eigenvalue weighted by atomic mass is 32.1. The molecule has 3 aromatic rings. The first-order chi connectivity index (χ1) is 13.8. The molecule has 1 fully saturated rings. The Morgan fingerprint density at radius 3 is 2.52 bits per heavy atom. The predicted octanol–water partition coefficient (Wildman–Crippen LogP) is 4.27. The minimum absolute atomic E-state index is 0.163. The molecule has 1 N–H and O–H groups in total. The fourth-order valence-electron chi connectivity index (χ4n) is 3.71. The van der Waals surface area contributed by atoms with E-state index in [2.05, 4.69) is 10.5 Å². The lowest BCUT2D eigenvalue weighted by atomic mass is 10.1. The molecular formula is C22H22N4O2S. The van der Waals surface area contributed by atoms with Gasteiger partial charge in [-0.15, -0.1) is 0 Å². The number of nitrogens with zero attached hydrogens (tertiary/aromatic N) is 3. The fourth-order valence-corrected chi connectivity index (χ4v) is 4.00. The first-order valence-electron chi connectivity index (χ1n) is 9.33. The number of anilines is 1. The summed E-state index contributed by atoms with van der Waals surface area (Å²) in [5.41, 5.74) is 6.28. The standard InChI is InChI=1S/C22H22N4O2S/c1-12-6-7-19(13(2)8-12)26-21(27)18(23-22(26)29)11-17-9-14(3)25(16(17)5)20-10-15(4)28-24-20/h6-11H,1-5H3,(H,23,29)/b18-11+. The maximum absolute atomic E-state index is 13.1. The third kappa shape index (κ3) is 3.27. The van der Waals surface area contributed by atoms with Crippen LogP contribution in [0.1, 0.15) is 33.8 Å². The molecule has 0 aliphatic carbocycles. The van der Waals surface area contributed by atoms with Crippen LogP contribution in [0.2, 0.25) is 0 Å². The van der Waals surface area contributed by atoms with E-state index in [9.17, 15) is 4.79 Å². The summed E-state index contributed by atoms with van der Waals surface area (Å²) in [6, 6.07) is 9.85. The molecule has 0 radical (unpaired) electrons. The summed E-state index contributed by atoms with van der Waals surface area (Å²) >= 11 is 5.45. The molecule has 4 rings (SSSR count). The number of aryl methyl sites for hydroxylation is 4. The van der Waals surface area contributed by atoms with Gasteiger partial charge in [0.05, 0.1) is 5.69 Å². The lowest BCUT2D eigenvalue weighted by molar-refractivity contribution is -0.113. The van der Waals surface area contributed by atoms with Crippen LogP contribution in [-0.2, 0) is 4.79 Å². The molecule has 1 aliphatic rings. The van der Waals surface area contributed by atoms with Crippen LogP contribution in [0.15, 0.2) is 40.6 Å². The minimum Gasteiger partial charge on any atom is -0.360 e. The van der Waals surface area contributed by atoms with E-state index < -0.39 is 0 Å². The van der Waals surface area contributed by atoms with Gasteiger partial charge >= 0.3 is 0 Å². The van der Waals surface area contributed by atoms with Crippen LogP contribution < -0.4 is 10.2 Å². The van der Waals surface area contributed by atoms with Crippen LogP contribution in [0.3, 0.4) is 0 Å². The van der Waals surface area contributed by atoms with E-state index in [1.54, 1.807) is 4.90 Å². The highest BCUT2D eigenvalue weighted by Gasteiger charge is 2.33. The molecule has 1 aromatic carbocycles. The Hall–Kier alpha value is -3.19. The number of thiocarbonyl (C=S) groups is 1. The Kier molecular flexibility index (Phi) is 4.62. The van der Waals surface area contributed by atoms with Crippen LogP contribution in [0.5, 0.6) is 0 Å². The molecule has 6 nitrogen and oxygen atoms in total. The Labute approximate surface area is 174 Å². The molecule has 29 heavy (non-hydrogen) atoms. The maximum Gasteiger partial charge on any atom is 0.281 e. The van der Waals surface area contributed by atoms with Gasteiger partial charge in [0.2, 0.25) is 0 Å². The van der Waals surface area contributed by atoms with Crippen LogP contribution in [-0.4, -0.2) is 20.7 Å². The molecular weight excluding hydrogens is 384 g/mol. The Balaban J connectivity index is 1.71. The predicted molar refractivity (Wildman–Crippen MR) is 117 cm³/mol. The normalized spacial score (nSPS) is 15.5. The van der Waals surface area contributed by atoms with Crippen molar-refractivity contribution in [1.29, 1.82) is 0 Å². The second-order valence-corrected chi connectivity index (χ2v) is 7.76. The van der Waals surface area contributed by atoms with E-state index in [4.69, 9.17) is 16.7 Å². The molecule has 0 unspecified atom stereocenters. The van der Waals surface area contributed by atoms with Crippen LogP contribution in [0.4, 0.5) is 5.69 Å². The number of carbonyl (C=O) groups is 1. The monoisotopic (exact) mass is 406 g/mol. The molecule has 0 spiro atoms. The lowest BCUT2D eigenvalue weighted by Crippen LogP contribution is -2.30. The first kappa shape index (κ1) is 19.1. The zero-order valence-corrected chi connectivity index (χ0v) is 17.8. The van der Waals surface area contributed by atoms with Crippen molar-refractivity contribution in [2.45, 2.75) is 34.6 Å². The van der Waals surface area contributed by atoms with Crippen molar-refractivity contribution in [3.63, 3.8) is 0 Å². The second kappa shape index (κ2) is 7.00. The zero-order chi connectivity index (χ0) is 20.9. The summed E-state index contributed by atoms with van der Waals surface area (Å²) in [5, 5.41) is 7.56. The maximum atomic E-state index is 13.1. The average Bonchev–Trinajstić information content (AvgIpc) is 3.27. The number of amides is 1. The zero-order valence-electron chi connectivity index (χ0n) is 17.0. The number of hydrogen-bond acceptors (Lipinski definition) is 4. The van der Waals surface area contributed by atoms with Crippen molar-refractivity contribution in [1.82, 2.24) is 15.0 Å². The van der Waals surface area contributed by atoms with Crippen molar-refractivity contribution in [3.05, 3.63) is 69.9 Å². The number of rotatable bonds is 3. The lowest BCUT2D eigenvalue weighted by Gasteiger charge is -2.17. The van der Waals surface area contributed by atoms with Gasteiger partial charge in [-0.05, 0) is 76.2 Å². The molecule has 7 heteroatoms. The van der Waals surface area contributed by atoms with Crippen molar-refractivity contribution < 1.29 is 9.32 Å². The van der Waals surface area contributed by atoms with Crippen LogP contribution in [0.25, 0.3) is 11.9 Å². The summed E-state index contributed by atoms with van der Waals surface area (Å²) in [7, 11) is 0. The SMILES string of the molecule is Cc1ccc(N2C(=O)/C(=C\c3cc(C)n(-c4cc(C)on4)c3C)NC2=S)c(C)c1. The Bertz CT molecular complexity index is 1190. The van der Waals surface area contributed by atoms with E-state index >= 15 is 0 Å². The van der Waals surface area contributed by atoms with Crippen molar-refractivity contribution in [3.8, 4) is 5.82 Å². The number of nitrogens with one attached hydrogen (secondary N) is 1. The van der Waals surface area contributed by atoms with Crippen LogP contribution in [0, 0.1) is 34.6 Å². The van der Waals surface area contributed by atoms with Crippen molar-refractivity contribution in [2.24, 2.45) is 0 Å². The van der Waals surface area contributed by atoms with Gasteiger partial charge in [0.1, 0.15) is 11.5 Å². The first-order valence-corrected chi connectivity index (χ1v) is 9.74. The smallest absolute Gasteiger partial charge is 0.281 e. The van der Waals surface area contributed by atoms with E-state index in [0.29, 0.717) is 10.8 Å². The summed E-state index contributed by atoms with van der Waals surface area (Å²) in [6.45, 7) is 9.85. The molecule has 0 bridgehead atoms. The van der Waals surface area contributed by atoms with Gasteiger partial charge < -0.3 is 9.84 Å². The number of aromatic nitrogens is 2. The highest BCUT2D eigenvalue weighted by molar-refractivity contribution is 7.80. The fraction of sp³-hybridized carbons (Fsp3) is 0.227. The summed E-state index contributed by atoms with van der Waals surface area (Å²) < 4.78 is 7.21. The molecule has 1 aliphatic heterocycles. The third-order valence-electron chi connectivity index (χ3n) is 5.09. The Morgan fingerprint density at radius 1 is 1.10 bits per heavy atom. The summed E-state index contributed by atoms with van der Waals surface area (Å²) in [4.78, 5) is 14.7. The highest BCUT2D eigenvalue weighted by Crippen LogP contribution is 2.28. The van der Waals surface area contributed by atoms with E-state index in [1.165, 1.54) is 0 Å². The Morgan fingerprint density at radius 2 is 1.86 bits per heavy atom. The molecule has 0 saturated carbocycles. The van der Waals surface area contributed by atoms with Gasteiger partial charge in [0.25, 0.3) is 5.91 Å². The molecule has 3 heterocycles. The molecule has 0 atom stereocenters. The van der Waals surface area contributed by atoms with Gasteiger partial charge in [-0.1, -0.05) is 22.9 Å².